The number of carboxylic acid groups (broad SMARTS) is 3. The fraction of sp³-hybridized carbons (Fsp3) is 0.477. The van der Waals surface area contributed by atoms with E-state index in [0.717, 1.165) is 79.2 Å². The molecule has 15 nitrogen and oxygen atoms in total. The summed E-state index contributed by atoms with van der Waals surface area (Å²) in [4.78, 5) is 70.9. The van der Waals surface area contributed by atoms with Crippen LogP contribution in [0.1, 0.15) is 275 Å². The van der Waals surface area contributed by atoms with Crippen LogP contribution in [-0.4, -0.2) is 83.3 Å². The minimum atomic E-state index is -1.21. The van der Waals surface area contributed by atoms with Gasteiger partial charge in [-0.2, -0.15) is 0 Å². The maximum Gasteiger partial charge on any atom is 0.321 e. The third-order valence-corrected chi connectivity index (χ3v) is 15.8. The Kier molecular flexibility index (Phi) is 62.4. The average Bonchev–Trinajstić information content (AvgIpc) is 0.864. The van der Waals surface area contributed by atoms with Crippen LogP contribution in [0, 0.1) is 106 Å². The monoisotopic (exact) mass is 1890 g/mol. The number of hydrogen-bond acceptors (Lipinski definition) is 12. The van der Waals surface area contributed by atoms with Crippen LogP contribution in [0.5, 0.6) is 17.2 Å². The van der Waals surface area contributed by atoms with Crippen LogP contribution in [0.2, 0.25) is 0 Å². The summed E-state index contributed by atoms with van der Waals surface area (Å²) < 4.78 is 15.7. The number of rotatable bonds is 28. The normalized spacial score (nSPS) is 12.2. The van der Waals surface area contributed by atoms with E-state index in [0.29, 0.717) is 40.9 Å². The number of ether oxygens (including phenoxy) is 3. The molecule has 0 heterocycles. The first-order chi connectivity index (χ1) is 44.5. The summed E-state index contributed by atoms with van der Waals surface area (Å²) in [6.45, 7) is 31.5. The van der Waals surface area contributed by atoms with Gasteiger partial charge < -0.3 is 44.8 Å². The first-order valence-electron chi connectivity index (χ1n) is 32.8. The van der Waals surface area contributed by atoms with Gasteiger partial charge in [0.25, 0.3) is 0 Å². The Hall–Kier alpha value is -6.10. The Balaban J connectivity index is -0.000000206. The summed E-state index contributed by atoms with van der Waals surface area (Å²) in [5.74, 6) is -6.60. The van der Waals surface area contributed by atoms with E-state index >= 15 is 0 Å². The molecule has 6 N–H and O–H groups in total. The van der Waals surface area contributed by atoms with E-state index in [1.54, 1.807) is 123 Å². The van der Waals surface area contributed by atoms with Crippen LogP contribution in [0.15, 0.2) is 159 Å². The van der Waals surface area contributed by atoms with E-state index in [9.17, 15) is 54.3 Å². The van der Waals surface area contributed by atoms with Crippen LogP contribution in [0.3, 0.4) is 0 Å². The van der Waals surface area contributed by atoms with E-state index in [2.05, 4.69) is 40.9 Å². The molecular formula is C88H136Ac2O15. The summed E-state index contributed by atoms with van der Waals surface area (Å²) in [6.07, 6.45) is 12.4. The molecule has 0 fully saturated rings. The van der Waals surface area contributed by atoms with Crippen molar-refractivity contribution in [1.82, 2.24) is 0 Å². The SMILES string of the molecule is C.C.C.C.C.C.C.C.C=Cc1ccc(CC(C(=O)O)C(=O)OC(C)(C)C)cc1.C=Cc1ccc(O)cc1.CCC(CCCC(C)c1ccc(CC(C(=O)O)C(=O)OC(C)(C)C)cc1)c1ccc(O)cc1.CCC(CCCC(C)c1ccc(CC(C(=O)O)C(=O)OC(C)(C)C)cc1)c1ccc(O)cc1.[Ac].[Ac]. The Morgan fingerprint density at radius 2 is 0.571 bits per heavy atom. The molecule has 2 radical (unpaired) electrons. The topological polar surface area (TPSA) is 251 Å². The van der Waals surface area contributed by atoms with E-state index in [1.165, 1.54) is 22.3 Å². The number of phenols is 3. The first-order valence-corrected chi connectivity index (χ1v) is 32.8. The molecule has 7 atom stereocenters. The molecule has 0 aliphatic heterocycles. The maximum atomic E-state index is 12.3. The Bertz CT molecular complexity index is 3190. The van der Waals surface area contributed by atoms with Gasteiger partial charge >= 0.3 is 35.8 Å². The van der Waals surface area contributed by atoms with Gasteiger partial charge in [-0.25, -0.2) is 0 Å². The molecule has 0 saturated carbocycles. The fourth-order valence-corrected chi connectivity index (χ4v) is 10.4. The van der Waals surface area contributed by atoms with Crippen LogP contribution in [0.4, 0.5) is 0 Å². The first kappa shape index (κ1) is 115. The van der Waals surface area contributed by atoms with Gasteiger partial charge in [-0.3, -0.25) is 28.8 Å². The number of phenolic OH excluding ortho intramolecular Hbond substituents is 3. The Morgan fingerprint density at radius 3 is 0.781 bits per heavy atom. The Labute approximate surface area is 707 Å². The molecule has 105 heavy (non-hydrogen) atoms. The number of carbonyl (C=O) groups excluding carboxylic acids is 3. The number of hydrogen-bond donors (Lipinski definition) is 6. The molecule has 0 aromatic heterocycles. The maximum absolute atomic E-state index is 12.3. The van der Waals surface area contributed by atoms with Crippen LogP contribution in [-0.2, 0) is 62.2 Å². The number of esters is 3. The number of aliphatic carboxylic acids is 3. The molecule has 0 spiro atoms. The van der Waals surface area contributed by atoms with Crippen molar-refractivity contribution in [2.24, 2.45) is 17.8 Å². The predicted octanol–water partition coefficient (Wildman–Crippen LogP) is 22.9. The van der Waals surface area contributed by atoms with Gasteiger partial charge in [0.05, 0.1) is 0 Å². The van der Waals surface area contributed by atoms with Gasteiger partial charge in [-0.15, -0.1) is 0 Å². The van der Waals surface area contributed by atoms with Crippen molar-refractivity contribution in [1.29, 1.82) is 0 Å². The molecule has 7 unspecified atom stereocenters. The molecule has 6 rings (SSSR count). The smallest absolute Gasteiger partial charge is 0.321 e. The largest absolute Gasteiger partial charge is 0.508 e. The molecule has 0 aliphatic rings. The molecule has 0 amide bonds. The minimum Gasteiger partial charge on any atom is -0.508 e. The number of carbonyl (C=O) groups is 6. The quantitative estimate of drug-likeness (QED) is 0.0152. The third-order valence-electron chi connectivity index (χ3n) is 15.8. The molecule has 584 valence electrons. The zero-order valence-corrected chi connectivity index (χ0v) is 68.7. The van der Waals surface area contributed by atoms with Gasteiger partial charge in [-0.05, 0) is 230 Å². The zero-order chi connectivity index (χ0) is 71.2. The van der Waals surface area contributed by atoms with Crippen molar-refractivity contribution >= 4 is 48.0 Å². The van der Waals surface area contributed by atoms with Crippen molar-refractivity contribution < 1.29 is 162 Å². The van der Waals surface area contributed by atoms with E-state index in [-0.39, 0.29) is 167 Å². The van der Waals surface area contributed by atoms with Crippen molar-refractivity contribution in [3.63, 3.8) is 0 Å². The van der Waals surface area contributed by atoms with Crippen LogP contribution < -0.4 is 0 Å². The second-order valence-electron chi connectivity index (χ2n) is 27.2. The van der Waals surface area contributed by atoms with Gasteiger partial charge in [0, 0.05) is 88.1 Å². The van der Waals surface area contributed by atoms with Crippen molar-refractivity contribution in [2.75, 3.05) is 0 Å². The van der Waals surface area contributed by atoms with Crippen LogP contribution >= 0.6 is 0 Å². The second-order valence-corrected chi connectivity index (χ2v) is 27.2. The van der Waals surface area contributed by atoms with E-state index in [1.807, 2.05) is 97.1 Å². The molecule has 0 bridgehead atoms. The molecule has 6 aromatic rings. The number of carboxylic acids is 3. The summed E-state index contributed by atoms with van der Waals surface area (Å²) in [5, 5.41) is 56.0. The van der Waals surface area contributed by atoms with E-state index < -0.39 is 70.4 Å². The van der Waals surface area contributed by atoms with Gasteiger partial charge in [0.15, 0.2) is 17.8 Å². The van der Waals surface area contributed by atoms with Gasteiger partial charge in [-0.1, -0.05) is 234 Å². The van der Waals surface area contributed by atoms with Gasteiger partial charge in [0.1, 0.15) is 34.1 Å². The van der Waals surface area contributed by atoms with Gasteiger partial charge in [0.2, 0.25) is 0 Å². The zero-order valence-electron chi connectivity index (χ0n) is 59.3. The fourth-order valence-electron chi connectivity index (χ4n) is 10.4. The summed E-state index contributed by atoms with van der Waals surface area (Å²) in [6, 6.07) is 44.9. The minimum absolute atomic E-state index is 0. The summed E-state index contributed by atoms with van der Waals surface area (Å²) in [7, 11) is 0. The second kappa shape index (κ2) is 57.1. The average molecular weight is 1890 g/mol. The molecular weight excluding hydrogens is 1750 g/mol. The van der Waals surface area contributed by atoms with E-state index in [4.69, 9.17) is 19.3 Å². The van der Waals surface area contributed by atoms with Crippen molar-refractivity contribution in [3.05, 3.63) is 209 Å². The standard InChI is InChI=1S/2C28H38O5.C16H20O4.C8H8O.8CH4.2Ac/c2*1-6-21(23-14-16-24(29)17-15-23)9-7-8-19(2)22-12-10-20(11-13-22)18-25(26(30)31)27(32)33-28(3,4)5;1-5-11-6-8-12(9-7-11)10-13(14(17)18)15(19)20-16(2,3)4;1-2-7-3-5-8(9)6-4-7;;;;;;;;;;/h2*10-17,19,21,25,29H,6-9,18H2,1-5H3,(H,30,31);5-9,13H,1,10H2,2-4H3,(H,17,18);2-6,9H,1H2;8*1H4;;. The third kappa shape index (κ3) is 45.4. The number of benzene rings is 6. The Morgan fingerprint density at radius 1 is 0.362 bits per heavy atom. The van der Waals surface area contributed by atoms with Crippen molar-refractivity contribution in [3.8, 4) is 17.2 Å². The van der Waals surface area contributed by atoms with Crippen molar-refractivity contribution in [2.45, 2.75) is 261 Å². The molecule has 6 aromatic carbocycles. The molecule has 0 saturated heterocycles. The summed E-state index contributed by atoms with van der Waals surface area (Å²) >= 11 is 0. The van der Waals surface area contributed by atoms with Crippen LogP contribution in [0.25, 0.3) is 12.2 Å². The number of aromatic hydroxyl groups is 3. The molecule has 17 heteroatoms. The summed E-state index contributed by atoms with van der Waals surface area (Å²) in [5.41, 5.74) is 7.17. The molecule has 0 aliphatic carbocycles. The predicted molar refractivity (Wildman–Crippen MR) is 430 cm³/mol.